The molecule has 2 saturated heterocycles. The van der Waals surface area contributed by atoms with Crippen LogP contribution < -0.4 is 16.0 Å². The van der Waals surface area contributed by atoms with Gasteiger partial charge in [0.15, 0.2) is 0 Å². The quantitative estimate of drug-likeness (QED) is 0.609. The summed E-state index contributed by atoms with van der Waals surface area (Å²) in [5.41, 5.74) is 0. The van der Waals surface area contributed by atoms with Gasteiger partial charge >= 0.3 is 0 Å². The lowest BCUT2D eigenvalue weighted by Crippen LogP contribution is -2.51. The Morgan fingerprint density at radius 2 is 2.24 bits per heavy atom. The largest absolute Gasteiger partial charge is 0.354 e. The van der Waals surface area contributed by atoms with Gasteiger partial charge in [0.1, 0.15) is 0 Å². The number of nitrogens with one attached hydrogen (secondary N) is 3. The van der Waals surface area contributed by atoms with Gasteiger partial charge in [-0.2, -0.15) is 0 Å². The molecule has 0 bridgehead atoms. The van der Waals surface area contributed by atoms with Crippen LogP contribution in [-0.2, 0) is 9.59 Å². The summed E-state index contributed by atoms with van der Waals surface area (Å²) in [6, 6.07) is -0.987. The van der Waals surface area contributed by atoms with E-state index in [9.17, 15) is 18.4 Å². The Morgan fingerprint density at radius 1 is 1.47 bits per heavy atom. The molecule has 2 fully saturated rings. The van der Waals surface area contributed by atoms with Crippen molar-refractivity contribution in [3.05, 3.63) is 0 Å². The van der Waals surface area contributed by atoms with Crippen LogP contribution in [0.25, 0.3) is 0 Å². The summed E-state index contributed by atoms with van der Waals surface area (Å²) >= 11 is 0. The van der Waals surface area contributed by atoms with Crippen LogP contribution in [0.4, 0.5) is 8.78 Å². The normalized spacial score (nSPS) is 32.0. The summed E-state index contributed by atoms with van der Waals surface area (Å²) in [6.07, 6.45) is 0.456. The van der Waals surface area contributed by atoms with Crippen molar-refractivity contribution in [2.75, 3.05) is 13.1 Å². The van der Waals surface area contributed by atoms with Crippen LogP contribution in [0.3, 0.4) is 0 Å². The molecular formula is C10H15F2N3O2. The molecule has 0 spiro atoms. The van der Waals surface area contributed by atoms with Crippen LogP contribution in [0.5, 0.6) is 0 Å². The van der Waals surface area contributed by atoms with E-state index in [1.807, 2.05) is 0 Å². The first kappa shape index (κ1) is 12.2. The summed E-state index contributed by atoms with van der Waals surface area (Å²) in [6.45, 7) is -0.0832. The van der Waals surface area contributed by atoms with Crippen molar-refractivity contribution in [2.45, 2.75) is 37.3 Å². The van der Waals surface area contributed by atoms with Gasteiger partial charge in [-0.05, 0) is 6.42 Å². The van der Waals surface area contributed by atoms with Crippen LogP contribution in [-0.4, -0.2) is 42.9 Å². The second kappa shape index (κ2) is 4.56. The molecule has 3 N–H and O–H groups in total. The predicted octanol–water partition coefficient (Wildman–Crippen LogP) is -0.622. The van der Waals surface area contributed by atoms with Crippen molar-refractivity contribution in [1.29, 1.82) is 0 Å². The second-order valence-electron chi connectivity index (χ2n) is 4.54. The van der Waals surface area contributed by atoms with Gasteiger partial charge < -0.3 is 10.6 Å². The van der Waals surface area contributed by atoms with Crippen LogP contribution in [0, 0.1) is 0 Å². The van der Waals surface area contributed by atoms with Crippen molar-refractivity contribution in [1.82, 2.24) is 16.0 Å². The molecule has 2 rings (SSSR count). The lowest BCUT2D eigenvalue weighted by molar-refractivity contribution is -0.126. The van der Waals surface area contributed by atoms with E-state index in [0.717, 1.165) is 0 Å². The van der Waals surface area contributed by atoms with E-state index in [4.69, 9.17) is 0 Å². The molecule has 2 aliphatic heterocycles. The lowest BCUT2D eigenvalue weighted by Gasteiger charge is -2.24. The van der Waals surface area contributed by atoms with Crippen molar-refractivity contribution in [2.24, 2.45) is 0 Å². The topological polar surface area (TPSA) is 70.2 Å². The fraction of sp³-hybridized carbons (Fsp3) is 0.800. The number of alkyl halides is 2. The number of rotatable bonds is 2. The molecule has 2 aliphatic rings. The second-order valence-corrected chi connectivity index (χ2v) is 4.54. The minimum Gasteiger partial charge on any atom is -0.354 e. The van der Waals surface area contributed by atoms with Gasteiger partial charge in [0.05, 0.1) is 12.6 Å². The summed E-state index contributed by atoms with van der Waals surface area (Å²) in [4.78, 5) is 22.6. The van der Waals surface area contributed by atoms with Gasteiger partial charge in [-0.15, -0.1) is 0 Å². The Balaban J connectivity index is 1.80. The first-order chi connectivity index (χ1) is 7.96. The van der Waals surface area contributed by atoms with E-state index in [1.165, 1.54) is 0 Å². The Morgan fingerprint density at radius 3 is 2.76 bits per heavy atom. The van der Waals surface area contributed by atoms with Gasteiger partial charge in [0.25, 0.3) is 5.92 Å². The van der Waals surface area contributed by atoms with E-state index >= 15 is 0 Å². The predicted molar refractivity (Wildman–Crippen MR) is 55.5 cm³/mol. The summed E-state index contributed by atoms with van der Waals surface area (Å²) in [7, 11) is 0. The average molecular weight is 247 g/mol. The third kappa shape index (κ3) is 3.12. The Labute approximate surface area is 97.3 Å². The van der Waals surface area contributed by atoms with Gasteiger partial charge in [-0.25, -0.2) is 8.78 Å². The molecule has 96 valence electrons. The molecule has 17 heavy (non-hydrogen) atoms. The molecule has 7 heteroatoms. The number of carbonyl (C=O) groups excluding carboxylic acids is 2. The fourth-order valence-electron chi connectivity index (χ4n) is 2.06. The van der Waals surface area contributed by atoms with Crippen molar-refractivity contribution < 1.29 is 18.4 Å². The average Bonchev–Trinajstić information content (AvgIpc) is 2.62. The fourth-order valence-corrected chi connectivity index (χ4v) is 2.06. The van der Waals surface area contributed by atoms with Crippen LogP contribution >= 0.6 is 0 Å². The van der Waals surface area contributed by atoms with E-state index in [2.05, 4.69) is 16.0 Å². The molecule has 0 radical (unpaired) electrons. The molecule has 0 aromatic rings. The molecule has 2 atom stereocenters. The van der Waals surface area contributed by atoms with E-state index in [-0.39, 0.29) is 11.9 Å². The van der Waals surface area contributed by atoms with Crippen molar-refractivity contribution in [3.63, 3.8) is 0 Å². The number of halogens is 2. The van der Waals surface area contributed by atoms with E-state index in [1.54, 1.807) is 0 Å². The SMILES string of the molecule is O=C1CCC(NC(=O)C2CC(F)(F)CN2)CN1. The summed E-state index contributed by atoms with van der Waals surface area (Å²) in [5.74, 6) is -3.26. The molecule has 0 saturated carbocycles. The number of hydrogen-bond acceptors (Lipinski definition) is 3. The van der Waals surface area contributed by atoms with Crippen LogP contribution in [0.1, 0.15) is 19.3 Å². The molecule has 2 amide bonds. The third-order valence-electron chi connectivity index (χ3n) is 3.04. The minimum absolute atomic E-state index is 0.0407. The number of piperidine rings is 1. The minimum atomic E-state index is -2.80. The lowest BCUT2D eigenvalue weighted by atomic mass is 10.1. The first-order valence-electron chi connectivity index (χ1n) is 5.64. The first-order valence-corrected chi connectivity index (χ1v) is 5.64. The monoisotopic (exact) mass is 247 g/mol. The maximum Gasteiger partial charge on any atom is 0.262 e. The van der Waals surface area contributed by atoms with E-state index in [0.29, 0.717) is 19.4 Å². The van der Waals surface area contributed by atoms with Crippen LogP contribution in [0.15, 0.2) is 0 Å². The van der Waals surface area contributed by atoms with E-state index < -0.39 is 30.8 Å². The molecule has 0 aromatic carbocycles. The van der Waals surface area contributed by atoms with Gasteiger partial charge in [-0.1, -0.05) is 0 Å². The third-order valence-corrected chi connectivity index (χ3v) is 3.04. The zero-order chi connectivity index (χ0) is 12.5. The zero-order valence-electron chi connectivity index (χ0n) is 9.26. The number of carbonyl (C=O) groups is 2. The Bertz CT molecular complexity index is 326. The summed E-state index contributed by atoms with van der Waals surface area (Å²) < 4.78 is 25.8. The smallest absolute Gasteiger partial charge is 0.262 e. The highest BCUT2D eigenvalue weighted by molar-refractivity contribution is 5.83. The standard InChI is InChI=1S/C10H15F2N3O2/c11-10(12)3-7(14-5-10)9(17)15-6-1-2-8(16)13-4-6/h6-7,14H,1-5H2,(H,13,16)(H,15,17). The molecule has 0 aromatic heterocycles. The maximum atomic E-state index is 12.9. The Hall–Kier alpha value is -1.24. The van der Waals surface area contributed by atoms with Gasteiger partial charge in [-0.3, -0.25) is 14.9 Å². The highest BCUT2D eigenvalue weighted by Crippen LogP contribution is 2.25. The Kier molecular flexibility index (Phi) is 3.28. The van der Waals surface area contributed by atoms with Gasteiger partial charge in [0.2, 0.25) is 11.8 Å². The maximum absolute atomic E-state index is 12.9. The zero-order valence-corrected chi connectivity index (χ0v) is 9.26. The molecule has 5 nitrogen and oxygen atoms in total. The van der Waals surface area contributed by atoms with Crippen LogP contribution in [0.2, 0.25) is 0 Å². The molecule has 0 aliphatic carbocycles. The van der Waals surface area contributed by atoms with Crippen molar-refractivity contribution in [3.8, 4) is 0 Å². The summed E-state index contributed by atoms with van der Waals surface area (Å²) in [5, 5.41) is 7.79. The molecule has 2 unspecified atom stereocenters. The molecule has 2 heterocycles. The highest BCUT2D eigenvalue weighted by atomic mass is 19.3. The van der Waals surface area contributed by atoms with Crippen molar-refractivity contribution >= 4 is 11.8 Å². The van der Waals surface area contributed by atoms with Gasteiger partial charge in [0, 0.05) is 25.4 Å². The highest BCUT2D eigenvalue weighted by Gasteiger charge is 2.42. The molecular weight excluding hydrogens is 232 g/mol. The number of hydrogen-bond donors (Lipinski definition) is 3. The number of amides is 2.